The van der Waals surface area contributed by atoms with E-state index in [-0.39, 0.29) is 31.1 Å². The second-order valence-corrected chi connectivity index (χ2v) is 21.3. The standard InChI is InChI=1S/C67H120O6/c1-4-7-10-13-16-19-22-25-27-28-29-30-31-32-33-34-35-36-37-38-40-42-45-48-51-54-57-60-66(69)72-63-64(62-71-65(68)59-56-53-50-47-44-41-24-21-18-15-12-9-6-3)73-67(70)61-58-55-52-49-46-43-39-26-23-20-17-14-11-8-5-2/h17,20,22,25-26,28-29,31-32,39,64H,4-16,18-19,21,23-24,27,30,33-38,40-63H2,1-3H3/b20-17-,25-22-,29-28-,32-31-,39-26-. The molecule has 0 aliphatic rings. The molecule has 1 unspecified atom stereocenters. The molecule has 0 saturated heterocycles. The van der Waals surface area contributed by atoms with Crippen LogP contribution in [0.3, 0.4) is 0 Å². The highest BCUT2D eigenvalue weighted by molar-refractivity contribution is 5.71. The number of ether oxygens (including phenoxy) is 3. The van der Waals surface area contributed by atoms with Crippen LogP contribution in [0.2, 0.25) is 0 Å². The number of unbranched alkanes of at least 4 members (excludes halogenated alkanes) is 37. The monoisotopic (exact) mass is 1020 g/mol. The lowest BCUT2D eigenvalue weighted by Crippen LogP contribution is -2.30. The molecule has 6 nitrogen and oxygen atoms in total. The van der Waals surface area contributed by atoms with E-state index >= 15 is 0 Å². The summed E-state index contributed by atoms with van der Waals surface area (Å²) in [5.74, 6) is -0.877. The van der Waals surface area contributed by atoms with Crippen LogP contribution in [-0.2, 0) is 28.6 Å². The Morgan fingerprint density at radius 3 is 0.795 bits per heavy atom. The van der Waals surface area contributed by atoms with Crippen LogP contribution in [-0.4, -0.2) is 37.2 Å². The largest absolute Gasteiger partial charge is 0.462 e. The van der Waals surface area contributed by atoms with Gasteiger partial charge < -0.3 is 14.2 Å². The first-order valence-corrected chi connectivity index (χ1v) is 31.8. The van der Waals surface area contributed by atoms with Crippen molar-refractivity contribution in [2.24, 2.45) is 0 Å². The molecule has 6 heteroatoms. The molecule has 0 saturated carbocycles. The first-order chi connectivity index (χ1) is 36.0. The molecule has 0 aromatic carbocycles. The van der Waals surface area contributed by atoms with E-state index in [4.69, 9.17) is 14.2 Å². The van der Waals surface area contributed by atoms with Crippen LogP contribution in [0.25, 0.3) is 0 Å². The molecule has 0 aliphatic heterocycles. The third-order valence-electron chi connectivity index (χ3n) is 14.0. The molecule has 0 aromatic rings. The van der Waals surface area contributed by atoms with Crippen LogP contribution in [0.5, 0.6) is 0 Å². The van der Waals surface area contributed by atoms with E-state index in [9.17, 15) is 14.4 Å². The van der Waals surface area contributed by atoms with Gasteiger partial charge in [0.15, 0.2) is 6.10 Å². The molecule has 424 valence electrons. The summed E-state index contributed by atoms with van der Waals surface area (Å²) in [6.07, 6.45) is 78.0. The molecule has 0 aromatic heterocycles. The van der Waals surface area contributed by atoms with Gasteiger partial charge in [0, 0.05) is 19.3 Å². The molecule has 0 aliphatic carbocycles. The summed E-state index contributed by atoms with van der Waals surface area (Å²) < 4.78 is 16.9. The lowest BCUT2D eigenvalue weighted by atomic mass is 10.0. The molecule has 73 heavy (non-hydrogen) atoms. The van der Waals surface area contributed by atoms with Gasteiger partial charge in [0.05, 0.1) is 0 Å². The quantitative estimate of drug-likeness (QED) is 0.0261. The van der Waals surface area contributed by atoms with Crippen molar-refractivity contribution < 1.29 is 28.6 Å². The molecule has 0 spiro atoms. The molecule has 0 heterocycles. The van der Waals surface area contributed by atoms with Gasteiger partial charge in [-0.3, -0.25) is 14.4 Å². The van der Waals surface area contributed by atoms with E-state index in [1.165, 1.54) is 193 Å². The highest BCUT2D eigenvalue weighted by Crippen LogP contribution is 2.17. The molecule has 0 bridgehead atoms. The second-order valence-electron chi connectivity index (χ2n) is 21.3. The van der Waals surface area contributed by atoms with Crippen LogP contribution >= 0.6 is 0 Å². The third-order valence-corrected chi connectivity index (χ3v) is 14.0. The number of hydrogen-bond acceptors (Lipinski definition) is 6. The van der Waals surface area contributed by atoms with Gasteiger partial charge in [0.1, 0.15) is 13.2 Å². The Morgan fingerprint density at radius 2 is 0.493 bits per heavy atom. The van der Waals surface area contributed by atoms with Crippen molar-refractivity contribution in [3.05, 3.63) is 60.8 Å². The van der Waals surface area contributed by atoms with Crippen molar-refractivity contribution in [3.63, 3.8) is 0 Å². The summed E-state index contributed by atoms with van der Waals surface area (Å²) in [4.78, 5) is 38.2. The maximum atomic E-state index is 12.9. The number of rotatable bonds is 58. The van der Waals surface area contributed by atoms with E-state index in [1.807, 2.05) is 0 Å². The van der Waals surface area contributed by atoms with E-state index in [1.54, 1.807) is 0 Å². The highest BCUT2D eigenvalue weighted by Gasteiger charge is 2.19. The second kappa shape index (κ2) is 61.7. The van der Waals surface area contributed by atoms with E-state index in [0.717, 1.165) is 96.3 Å². The number of carbonyl (C=O) groups is 3. The average molecular weight is 1020 g/mol. The number of carbonyl (C=O) groups excluding carboxylic acids is 3. The van der Waals surface area contributed by atoms with Crippen LogP contribution in [0.1, 0.15) is 329 Å². The highest BCUT2D eigenvalue weighted by atomic mass is 16.6. The fourth-order valence-electron chi connectivity index (χ4n) is 9.19. The fourth-order valence-corrected chi connectivity index (χ4v) is 9.19. The Balaban J connectivity index is 4.25. The van der Waals surface area contributed by atoms with Gasteiger partial charge in [-0.1, -0.05) is 281 Å². The zero-order valence-electron chi connectivity index (χ0n) is 48.7. The van der Waals surface area contributed by atoms with Gasteiger partial charge in [0.2, 0.25) is 0 Å². The molecule has 0 fully saturated rings. The average Bonchev–Trinajstić information content (AvgIpc) is 3.39. The summed E-state index contributed by atoms with van der Waals surface area (Å²) >= 11 is 0. The molecular formula is C67H120O6. The van der Waals surface area contributed by atoms with Crippen LogP contribution in [0.15, 0.2) is 60.8 Å². The maximum Gasteiger partial charge on any atom is 0.306 e. The normalized spacial score (nSPS) is 12.4. The van der Waals surface area contributed by atoms with Crippen molar-refractivity contribution in [1.29, 1.82) is 0 Å². The van der Waals surface area contributed by atoms with Gasteiger partial charge in [0.25, 0.3) is 0 Å². The minimum absolute atomic E-state index is 0.0770. The van der Waals surface area contributed by atoms with Gasteiger partial charge >= 0.3 is 17.9 Å². The van der Waals surface area contributed by atoms with E-state index in [2.05, 4.69) is 81.5 Å². The maximum absolute atomic E-state index is 12.9. The summed E-state index contributed by atoms with van der Waals surface area (Å²) in [6, 6.07) is 0. The smallest absolute Gasteiger partial charge is 0.306 e. The van der Waals surface area contributed by atoms with E-state index in [0.29, 0.717) is 19.3 Å². The fraction of sp³-hybridized carbons (Fsp3) is 0.806. The Kier molecular flexibility index (Phi) is 59.2. The zero-order valence-corrected chi connectivity index (χ0v) is 48.7. The number of allylic oxidation sites excluding steroid dienone is 10. The Labute approximate surface area is 453 Å². The minimum atomic E-state index is -0.780. The minimum Gasteiger partial charge on any atom is -0.462 e. The van der Waals surface area contributed by atoms with Crippen molar-refractivity contribution in [3.8, 4) is 0 Å². The summed E-state index contributed by atoms with van der Waals surface area (Å²) in [6.45, 7) is 6.62. The molecule has 0 amide bonds. The van der Waals surface area contributed by atoms with Gasteiger partial charge in [-0.25, -0.2) is 0 Å². The zero-order chi connectivity index (χ0) is 52.9. The SMILES string of the molecule is CCCCC/C=C\C/C=C\CCCCCCCC(=O)OC(COC(=O)CCCCCCCCCCCCCCC)COC(=O)CCCCCCCCCCCCCC/C=C\C/C=C\C/C=C\CCCCCCC. The molecular weight excluding hydrogens is 901 g/mol. The lowest BCUT2D eigenvalue weighted by Gasteiger charge is -2.18. The third kappa shape index (κ3) is 59.9. The Hall–Kier alpha value is -2.89. The van der Waals surface area contributed by atoms with Crippen molar-refractivity contribution in [2.75, 3.05) is 13.2 Å². The Morgan fingerprint density at radius 1 is 0.274 bits per heavy atom. The van der Waals surface area contributed by atoms with Gasteiger partial charge in [-0.15, -0.1) is 0 Å². The summed E-state index contributed by atoms with van der Waals surface area (Å²) in [7, 11) is 0. The Bertz CT molecular complexity index is 1310. The van der Waals surface area contributed by atoms with Crippen LogP contribution in [0, 0.1) is 0 Å². The molecule has 0 rings (SSSR count). The topological polar surface area (TPSA) is 78.9 Å². The summed E-state index contributed by atoms with van der Waals surface area (Å²) in [5.41, 5.74) is 0. The van der Waals surface area contributed by atoms with E-state index < -0.39 is 6.10 Å². The van der Waals surface area contributed by atoms with Crippen LogP contribution < -0.4 is 0 Å². The van der Waals surface area contributed by atoms with Gasteiger partial charge in [-0.2, -0.15) is 0 Å². The van der Waals surface area contributed by atoms with Crippen LogP contribution in [0.4, 0.5) is 0 Å². The molecule has 1 atom stereocenters. The first kappa shape index (κ1) is 70.1. The lowest BCUT2D eigenvalue weighted by molar-refractivity contribution is -0.167. The molecule has 0 N–H and O–H groups in total. The number of esters is 3. The van der Waals surface area contributed by atoms with Crippen molar-refractivity contribution in [2.45, 2.75) is 335 Å². The predicted octanol–water partition coefficient (Wildman–Crippen LogP) is 21.6. The van der Waals surface area contributed by atoms with Crippen molar-refractivity contribution >= 4 is 17.9 Å². The summed E-state index contributed by atoms with van der Waals surface area (Å²) in [5, 5.41) is 0. The number of hydrogen-bond donors (Lipinski definition) is 0. The predicted molar refractivity (Wildman–Crippen MR) is 316 cm³/mol. The van der Waals surface area contributed by atoms with Crippen molar-refractivity contribution in [1.82, 2.24) is 0 Å². The van der Waals surface area contributed by atoms with Gasteiger partial charge in [-0.05, 0) is 89.9 Å². The first-order valence-electron chi connectivity index (χ1n) is 31.8. The molecule has 0 radical (unpaired) electrons.